The van der Waals surface area contributed by atoms with E-state index < -0.39 is 13.4 Å². The number of nitrogens with one attached hydrogen (secondary N) is 1. The molecule has 19 heavy (non-hydrogen) atoms. The zero-order valence-electron chi connectivity index (χ0n) is 11.9. The first kappa shape index (κ1) is 18.5. The van der Waals surface area contributed by atoms with Crippen LogP contribution in [-0.4, -0.2) is 27.9 Å². The van der Waals surface area contributed by atoms with Gasteiger partial charge in [-0.15, -0.1) is 0 Å². The van der Waals surface area contributed by atoms with Gasteiger partial charge in [-0.25, -0.2) is 0 Å². The monoisotopic (exact) mass is 291 g/mol. The second-order valence-electron chi connectivity index (χ2n) is 4.83. The van der Waals surface area contributed by atoms with Gasteiger partial charge in [0.2, 0.25) is 0 Å². The highest BCUT2D eigenvalue weighted by Gasteiger charge is 2.25. The molecule has 0 bridgehead atoms. The second-order valence-corrected chi connectivity index (χ2v) is 6.64. The van der Waals surface area contributed by atoms with Crippen LogP contribution in [0.15, 0.2) is 12.2 Å². The van der Waals surface area contributed by atoms with Crippen molar-refractivity contribution in [3.8, 4) is 0 Å². The van der Waals surface area contributed by atoms with E-state index in [0.29, 0.717) is 25.0 Å². The molecule has 0 amide bonds. The van der Waals surface area contributed by atoms with E-state index in [1.165, 1.54) is 0 Å². The highest BCUT2D eigenvalue weighted by atomic mass is 31.2. The van der Waals surface area contributed by atoms with Crippen LogP contribution in [0, 0.1) is 0 Å². The number of ketones is 1. The summed E-state index contributed by atoms with van der Waals surface area (Å²) in [6.07, 6.45) is 4.57. The molecule has 0 aromatic rings. The Morgan fingerprint density at radius 1 is 1.26 bits per heavy atom. The quantitative estimate of drug-likeness (QED) is 0.309. The number of carbonyl (C=O) groups is 1. The molecule has 1 atom stereocenters. The average molecular weight is 291 g/mol. The summed E-state index contributed by atoms with van der Waals surface area (Å²) in [5.74, 6) is -0.622. The van der Waals surface area contributed by atoms with Crippen molar-refractivity contribution in [1.29, 1.82) is 0 Å². The predicted octanol–water partition coefficient (Wildman–Crippen LogP) is 2.59. The Morgan fingerprint density at radius 2 is 1.84 bits per heavy atom. The second kappa shape index (κ2) is 9.43. The molecule has 0 saturated heterocycles. The van der Waals surface area contributed by atoms with Crippen LogP contribution < -0.4 is 5.32 Å². The summed E-state index contributed by atoms with van der Waals surface area (Å²) < 4.78 is 11.1. The normalized spacial score (nSPS) is 13.3. The van der Waals surface area contributed by atoms with Gasteiger partial charge in [0, 0.05) is 6.42 Å². The van der Waals surface area contributed by atoms with E-state index in [1.807, 2.05) is 0 Å². The third-order valence-electron chi connectivity index (χ3n) is 2.98. The lowest BCUT2D eigenvalue weighted by Gasteiger charge is -2.17. The Morgan fingerprint density at radius 3 is 2.32 bits per heavy atom. The summed E-state index contributed by atoms with van der Waals surface area (Å²) in [5, 5.41) is 2.88. The van der Waals surface area contributed by atoms with Gasteiger partial charge in [0.15, 0.2) is 5.78 Å². The van der Waals surface area contributed by atoms with Crippen molar-refractivity contribution in [3.63, 3.8) is 0 Å². The minimum atomic E-state index is -4.03. The zero-order valence-corrected chi connectivity index (χ0v) is 12.8. The number of hydrogen-bond acceptors (Lipinski definition) is 3. The lowest BCUT2D eigenvalue weighted by molar-refractivity contribution is -0.115. The van der Waals surface area contributed by atoms with Gasteiger partial charge < -0.3 is 15.1 Å². The summed E-state index contributed by atoms with van der Waals surface area (Å²) >= 11 is 0. The van der Waals surface area contributed by atoms with Crippen molar-refractivity contribution in [2.75, 3.05) is 6.54 Å². The van der Waals surface area contributed by atoms with Crippen molar-refractivity contribution < 1.29 is 19.1 Å². The molecule has 1 unspecified atom stereocenters. The van der Waals surface area contributed by atoms with Crippen LogP contribution in [0.3, 0.4) is 0 Å². The zero-order chi connectivity index (χ0) is 14.9. The molecule has 0 aromatic heterocycles. The van der Waals surface area contributed by atoms with E-state index in [0.717, 1.165) is 25.7 Å². The summed E-state index contributed by atoms with van der Waals surface area (Å²) in [5.41, 5.74) is 0.606. The molecule has 3 N–H and O–H groups in total. The smallest absolute Gasteiger partial charge is 0.323 e. The number of hydrogen-bond donors (Lipinski definition) is 3. The van der Waals surface area contributed by atoms with Gasteiger partial charge in [-0.3, -0.25) is 9.36 Å². The molecule has 0 spiro atoms. The first-order valence-electron chi connectivity index (χ1n) is 6.76. The molecule has 0 aliphatic carbocycles. The largest absolute Gasteiger partial charge is 0.342 e. The number of rotatable bonds is 11. The molecule has 0 radical (unpaired) electrons. The van der Waals surface area contributed by atoms with Crippen molar-refractivity contribution in [2.24, 2.45) is 0 Å². The molecule has 0 saturated carbocycles. The summed E-state index contributed by atoms with van der Waals surface area (Å²) in [7, 11) is -4.03. The van der Waals surface area contributed by atoms with Crippen molar-refractivity contribution in [2.45, 2.75) is 58.2 Å². The van der Waals surface area contributed by atoms with Crippen molar-refractivity contribution in [3.05, 3.63) is 12.2 Å². The third kappa shape index (κ3) is 9.11. The Balaban J connectivity index is 3.58. The molecule has 5 nitrogen and oxygen atoms in total. The fourth-order valence-corrected chi connectivity index (χ4v) is 2.59. The van der Waals surface area contributed by atoms with Crippen LogP contribution in [0.1, 0.15) is 52.4 Å². The van der Waals surface area contributed by atoms with Gasteiger partial charge in [-0.1, -0.05) is 26.3 Å². The van der Waals surface area contributed by atoms with Crippen molar-refractivity contribution in [1.82, 2.24) is 5.32 Å². The first-order valence-corrected chi connectivity index (χ1v) is 8.44. The maximum absolute atomic E-state index is 11.3. The van der Waals surface area contributed by atoms with Crippen molar-refractivity contribution >= 4 is 13.4 Å². The molecule has 0 aliphatic rings. The SMILES string of the molecule is C=C(C)C(=O)CCCCCCNC(CC)P(=O)(O)O. The van der Waals surface area contributed by atoms with Crippen LogP contribution in [0.4, 0.5) is 0 Å². The van der Waals surface area contributed by atoms with Gasteiger partial charge in [0.05, 0.1) is 0 Å². The number of carbonyl (C=O) groups excluding carboxylic acids is 1. The molecule has 0 rings (SSSR count). The maximum atomic E-state index is 11.3. The van der Waals surface area contributed by atoms with E-state index in [1.54, 1.807) is 13.8 Å². The highest BCUT2D eigenvalue weighted by Crippen LogP contribution is 2.40. The minimum absolute atomic E-state index is 0.116. The number of unbranched alkanes of at least 4 members (excludes halogenated alkanes) is 3. The Kier molecular flexibility index (Phi) is 9.19. The third-order valence-corrected chi connectivity index (χ3v) is 4.34. The summed E-state index contributed by atoms with van der Waals surface area (Å²) in [6.45, 7) is 7.67. The van der Waals surface area contributed by atoms with Gasteiger partial charge in [0.1, 0.15) is 5.78 Å². The average Bonchev–Trinajstić information content (AvgIpc) is 2.30. The van der Waals surface area contributed by atoms with Gasteiger partial charge in [-0.05, 0) is 38.3 Å². The van der Waals surface area contributed by atoms with Gasteiger partial charge >= 0.3 is 7.60 Å². The highest BCUT2D eigenvalue weighted by molar-refractivity contribution is 7.52. The minimum Gasteiger partial charge on any atom is -0.323 e. The summed E-state index contributed by atoms with van der Waals surface area (Å²) in [6, 6.07) is 0. The number of allylic oxidation sites excluding steroid dienone is 1. The topological polar surface area (TPSA) is 86.6 Å². The van der Waals surface area contributed by atoms with Crippen LogP contribution in [0.2, 0.25) is 0 Å². The van der Waals surface area contributed by atoms with Gasteiger partial charge in [0.25, 0.3) is 0 Å². The predicted molar refractivity (Wildman–Crippen MR) is 77.0 cm³/mol. The molecular weight excluding hydrogens is 265 g/mol. The molecule has 0 fully saturated rings. The Labute approximate surface area is 115 Å². The molecule has 0 aromatic carbocycles. The fourth-order valence-electron chi connectivity index (χ4n) is 1.75. The molecule has 0 aliphatic heterocycles. The van der Waals surface area contributed by atoms with E-state index in [-0.39, 0.29) is 5.78 Å². The van der Waals surface area contributed by atoms with Crippen LogP contribution >= 0.6 is 7.60 Å². The van der Waals surface area contributed by atoms with E-state index in [2.05, 4.69) is 11.9 Å². The van der Waals surface area contributed by atoms with E-state index in [4.69, 9.17) is 9.79 Å². The van der Waals surface area contributed by atoms with E-state index in [9.17, 15) is 9.36 Å². The van der Waals surface area contributed by atoms with E-state index >= 15 is 0 Å². The molecule has 112 valence electrons. The molecular formula is C13H26NO4P. The molecule has 0 heterocycles. The molecule has 6 heteroatoms. The Hall–Kier alpha value is -0.480. The first-order chi connectivity index (χ1) is 8.79. The van der Waals surface area contributed by atoms with Crippen LogP contribution in [0.5, 0.6) is 0 Å². The lowest BCUT2D eigenvalue weighted by atomic mass is 10.1. The van der Waals surface area contributed by atoms with Crippen LogP contribution in [0.25, 0.3) is 0 Å². The fraction of sp³-hybridized carbons (Fsp3) is 0.769. The maximum Gasteiger partial charge on any atom is 0.342 e. The number of Topliss-reactive ketones (excluding diaryl/α,β-unsaturated/α-hetero) is 1. The van der Waals surface area contributed by atoms with Gasteiger partial charge in [-0.2, -0.15) is 0 Å². The lowest BCUT2D eigenvalue weighted by Crippen LogP contribution is -2.29. The van der Waals surface area contributed by atoms with Crippen LogP contribution in [-0.2, 0) is 9.36 Å². The summed E-state index contributed by atoms with van der Waals surface area (Å²) in [4.78, 5) is 29.3. The Bertz CT molecular complexity index is 338. The standard InChI is InChI=1S/C13H26NO4P/c1-4-13(19(16,17)18)14-10-8-6-5-7-9-12(15)11(2)3/h13-14H,2,4-10H2,1,3H3,(H2,16,17,18).